The summed E-state index contributed by atoms with van der Waals surface area (Å²) >= 11 is 0. The first kappa shape index (κ1) is 20.1. The summed E-state index contributed by atoms with van der Waals surface area (Å²) in [5.41, 5.74) is 3.06. The molecule has 2 aromatic carbocycles. The molecule has 0 bridgehead atoms. The van der Waals surface area contributed by atoms with E-state index in [4.69, 9.17) is 4.74 Å². The molecule has 1 amide bonds. The Kier molecular flexibility index (Phi) is 5.45. The van der Waals surface area contributed by atoms with E-state index in [1.54, 1.807) is 0 Å². The number of nitrogens with zero attached hydrogens (tertiary/aromatic N) is 3. The molecule has 1 fully saturated rings. The van der Waals surface area contributed by atoms with Crippen LogP contribution in [0.25, 0.3) is 10.9 Å². The van der Waals surface area contributed by atoms with Gasteiger partial charge in [0.2, 0.25) is 0 Å². The summed E-state index contributed by atoms with van der Waals surface area (Å²) in [6, 6.07) is 19.1. The number of aromatic nitrogens is 1. The van der Waals surface area contributed by atoms with Gasteiger partial charge in [0.15, 0.2) is 0 Å². The molecule has 1 aromatic heterocycles. The van der Waals surface area contributed by atoms with E-state index in [2.05, 4.69) is 53.6 Å². The molecule has 3 heterocycles. The van der Waals surface area contributed by atoms with E-state index in [0.29, 0.717) is 12.6 Å². The first-order chi connectivity index (χ1) is 15.1. The Hall–Kier alpha value is -2.79. The third-order valence-electron chi connectivity index (χ3n) is 6.70. The second kappa shape index (κ2) is 8.39. The number of piperidine rings is 1. The number of fused-ring (bicyclic) bond motifs is 3. The minimum absolute atomic E-state index is 0.106. The molecule has 5 nitrogen and oxygen atoms in total. The summed E-state index contributed by atoms with van der Waals surface area (Å²) < 4.78 is 8.48. The first-order valence-corrected chi connectivity index (χ1v) is 11.5. The number of hydrogen-bond acceptors (Lipinski definition) is 3. The van der Waals surface area contributed by atoms with Crippen molar-refractivity contribution in [3.05, 3.63) is 65.9 Å². The third kappa shape index (κ3) is 4.07. The van der Waals surface area contributed by atoms with Gasteiger partial charge >= 0.3 is 0 Å². The van der Waals surface area contributed by atoms with E-state index in [9.17, 15) is 4.79 Å². The molecule has 0 saturated carbocycles. The van der Waals surface area contributed by atoms with Gasteiger partial charge < -0.3 is 19.1 Å². The second-order valence-corrected chi connectivity index (χ2v) is 9.06. The lowest BCUT2D eigenvalue weighted by Crippen LogP contribution is -2.41. The average molecular weight is 418 g/mol. The van der Waals surface area contributed by atoms with Crippen LogP contribution in [0.15, 0.2) is 54.6 Å². The quantitative estimate of drug-likeness (QED) is 0.611. The number of carbonyl (C=O) groups excluding carboxylic acids is 1. The Morgan fingerprint density at radius 2 is 1.74 bits per heavy atom. The summed E-state index contributed by atoms with van der Waals surface area (Å²) in [6.45, 7) is 8.92. The fourth-order valence-electron chi connectivity index (χ4n) is 4.88. The molecule has 5 rings (SSSR count). The van der Waals surface area contributed by atoms with Crippen molar-refractivity contribution in [2.75, 3.05) is 19.6 Å². The number of amides is 1. The van der Waals surface area contributed by atoms with Gasteiger partial charge in [-0.15, -0.1) is 0 Å². The predicted molar refractivity (Wildman–Crippen MR) is 123 cm³/mol. The van der Waals surface area contributed by atoms with Crippen molar-refractivity contribution in [3.8, 4) is 5.75 Å². The zero-order chi connectivity index (χ0) is 21.4. The van der Waals surface area contributed by atoms with Crippen molar-refractivity contribution >= 4 is 16.8 Å². The van der Waals surface area contributed by atoms with Gasteiger partial charge in [0.1, 0.15) is 17.5 Å². The van der Waals surface area contributed by atoms with Gasteiger partial charge in [0.05, 0.1) is 0 Å². The average Bonchev–Trinajstić information content (AvgIpc) is 3.15. The maximum absolute atomic E-state index is 13.1. The largest absolute Gasteiger partial charge is 0.490 e. The normalized spacial score (nSPS) is 18.0. The first-order valence-electron chi connectivity index (χ1n) is 11.5. The van der Waals surface area contributed by atoms with Gasteiger partial charge in [-0.2, -0.15) is 0 Å². The van der Waals surface area contributed by atoms with Crippen LogP contribution < -0.4 is 4.74 Å². The molecule has 0 unspecified atom stereocenters. The highest BCUT2D eigenvalue weighted by atomic mass is 16.5. The SMILES string of the molecule is CC(C)N1CCC(Oc2ccc3c(c2)cc2n3CCN(Cc3ccccc3)C2=O)CC1. The molecular weight excluding hydrogens is 386 g/mol. The van der Waals surface area contributed by atoms with Gasteiger partial charge in [0, 0.05) is 49.7 Å². The monoisotopic (exact) mass is 417 g/mol. The van der Waals surface area contributed by atoms with Crippen LogP contribution in [0, 0.1) is 0 Å². The van der Waals surface area contributed by atoms with Crippen molar-refractivity contribution in [3.63, 3.8) is 0 Å². The van der Waals surface area contributed by atoms with Crippen molar-refractivity contribution < 1.29 is 9.53 Å². The molecule has 0 spiro atoms. The maximum Gasteiger partial charge on any atom is 0.270 e. The van der Waals surface area contributed by atoms with Crippen LogP contribution in [-0.4, -0.2) is 52.1 Å². The second-order valence-electron chi connectivity index (χ2n) is 9.06. The van der Waals surface area contributed by atoms with Crippen molar-refractivity contribution in [2.24, 2.45) is 0 Å². The van der Waals surface area contributed by atoms with E-state index in [0.717, 1.165) is 61.4 Å². The fraction of sp³-hybridized carbons (Fsp3) is 0.423. The molecule has 5 heteroatoms. The molecule has 2 aliphatic heterocycles. The van der Waals surface area contributed by atoms with Crippen molar-refractivity contribution in [2.45, 2.75) is 51.9 Å². The number of benzene rings is 2. The lowest BCUT2D eigenvalue weighted by Gasteiger charge is -2.34. The molecule has 0 atom stereocenters. The van der Waals surface area contributed by atoms with Crippen LogP contribution in [0.2, 0.25) is 0 Å². The Balaban J connectivity index is 1.31. The summed E-state index contributed by atoms with van der Waals surface area (Å²) in [5.74, 6) is 1.02. The maximum atomic E-state index is 13.1. The standard InChI is InChI=1S/C26H31N3O2/c1-19(2)27-12-10-22(11-13-27)31-23-8-9-24-21(16-23)17-25-26(30)28(14-15-29(24)25)18-20-6-4-3-5-7-20/h3-9,16-17,19,22H,10-15,18H2,1-2H3. The van der Waals surface area contributed by atoms with Gasteiger partial charge in [0.25, 0.3) is 5.91 Å². The molecule has 31 heavy (non-hydrogen) atoms. The summed E-state index contributed by atoms with van der Waals surface area (Å²) in [7, 11) is 0. The zero-order valence-electron chi connectivity index (χ0n) is 18.5. The van der Waals surface area contributed by atoms with Crippen LogP contribution in [0.3, 0.4) is 0 Å². The number of ether oxygens (including phenoxy) is 1. The van der Waals surface area contributed by atoms with E-state index in [1.165, 1.54) is 5.56 Å². The number of rotatable bonds is 5. The van der Waals surface area contributed by atoms with Crippen molar-refractivity contribution in [1.29, 1.82) is 0 Å². The van der Waals surface area contributed by atoms with Crippen LogP contribution in [-0.2, 0) is 13.1 Å². The van der Waals surface area contributed by atoms with Crippen LogP contribution >= 0.6 is 0 Å². The van der Waals surface area contributed by atoms with Gasteiger partial charge in [-0.1, -0.05) is 30.3 Å². The lowest BCUT2D eigenvalue weighted by atomic mass is 10.1. The fourth-order valence-corrected chi connectivity index (χ4v) is 4.88. The molecule has 2 aliphatic rings. The van der Waals surface area contributed by atoms with Gasteiger partial charge in [-0.25, -0.2) is 0 Å². The summed E-state index contributed by atoms with van der Waals surface area (Å²) in [4.78, 5) is 17.6. The number of hydrogen-bond donors (Lipinski definition) is 0. The van der Waals surface area contributed by atoms with Gasteiger partial charge in [-0.3, -0.25) is 4.79 Å². The number of carbonyl (C=O) groups is 1. The van der Waals surface area contributed by atoms with E-state index in [1.807, 2.05) is 29.2 Å². The lowest BCUT2D eigenvalue weighted by molar-refractivity contribution is 0.0693. The van der Waals surface area contributed by atoms with E-state index >= 15 is 0 Å². The van der Waals surface area contributed by atoms with Crippen LogP contribution in [0.4, 0.5) is 0 Å². The number of likely N-dealkylation sites (tertiary alicyclic amines) is 1. The minimum atomic E-state index is 0.106. The summed E-state index contributed by atoms with van der Waals surface area (Å²) in [6.07, 6.45) is 2.40. The third-order valence-corrected chi connectivity index (χ3v) is 6.70. The Labute approximate surface area is 184 Å². The molecular formula is C26H31N3O2. The highest BCUT2D eigenvalue weighted by Crippen LogP contribution is 2.29. The zero-order valence-corrected chi connectivity index (χ0v) is 18.5. The van der Waals surface area contributed by atoms with Gasteiger partial charge in [-0.05, 0) is 56.5 Å². The molecule has 1 saturated heterocycles. The van der Waals surface area contributed by atoms with E-state index < -0.39 is 0 Å². The Morgan fingerprint density at radius 1 is 0.968 bits per heavy atom. The highest BCUT2D eigenvalue weighted by Gasteiger charge is 2.27. The Morgan fingerprint density at radius 3 is 2.48 bits per heavy atom. The topological polar surface area (TPSA) is 37.7 Å². The molecule has 0 radical (unpaired) electrons. The highest BCUT2D eigenvalue weighted by molar-refractivity contribution is 5.99. The van der Waals surface area contributed by atoms with Crippen LogP contribution in [0.1, 0.15) is 42.7 Å². The predicted octanol–water partition coefficient (Wildman–Crippen LogP) is 4.55. The van der Waals surface area contributed by atoms with E-state index in [-0.39, 0.29) is 12.0 Å². The molecule has 0 N–H and O–H groups in total. The Bertz CT molecular complexity index is 1060. The molecule has 162 valence electrons. The summed E-state index contributed by atoms with van der Waals surface area (Å²) in [5, 5.41) is 1.09. The van der Waals surface area contributed by atoms with Crippen molar-refractivity contribution in [1.82, 2.24) is 14.4 Å². The molecule has 0 aliphatic carbocycles. The minimum Gasteiger partial charge on any atom is -0.490 e. The molecule has 3 aromatic rings. The smallest absolute Gasteiger partial charge is 0.270 e. The van der Waals surface area contributed by atoms with Crippen LogP contribution in [0.5, 0.6) is 5.75 Å².